The highest BCUT2D eigenvalue weighted by atomic mass is 19.1. The fourth-order valence-corrected chi connectivity index (χ4v) is 4.01. The number of nitrogens with one attached hydrogen (secondary N) is 1. The number of carbonyl (C=O) groups is 2. The van der Waals surface area contributed by atoms with Gasteiger partial charge in [0.05, 0.1) is 24.9 Å². The van der Waals surface area contributed by atoms with Crippen molar-refractivity contribution in [3.63, 3.8) is 0 Å². The molecule has 1 atom stereocenters. The van der Waals surface area contributed by atoms with Gasteiger partial charge in [-0.25, -0.2) is 4.39 Å². The molecule has 0 spiro atoms. The molecule has 1 N–H and O–H groups in total. The summed E-state index contributed by atoms with van der Waals surface area (Å²) in [5.41, 5.74) is 5.06. The summed E-state index contributed by atoms with van der Waals surface area (Å²) < 4.78 is 18.5. The maximum Gasteiger partial charge on any atom is 0.309 e. The quantitative estimate of drug-likeness (QED) is 0.418. The lowest BCUT2D eigenvalue weighted by Crippen LogP contribution is -2.22. The van der Waals surface area contributed by atoms with Gasteiger partial charge in [0.2, 0.25) is 5.91 Å². The van der Waals surface area contributed by atoms with Gasteiger partial charge < -0.3 is 15.0 Å². The van der Waals surface area contributed by atoms with E-state index in [-0.39, 0.29) is 18.3 Å². The first-order chi connectivity index (χ1) is 16.3. The third kappa shape index (κ3) is 5.21. The first-order valence-corrected chi connectivity index (χ1v) is 10.9. The molecule has 0 bridgehead atoms. The fraction of sp³-hybridized carbons (Fsp3) is 0.222. The minimum atomic E-state index is -0.691. The summed E-state index contributed by atoms with van der Waals surface area (Å²) in [6, 6.07) is 19.5. The summed E-state index contributed by atoms with van der Waals surface area (Å²) in [7, 11) is 5.37. The third-order valence-electron chi connectivity index (χ3n) is 5.63. The summed E-state index contributed by atoms with van der Waals surface area (Å²) in [6.45, 7) is 0.808. The molecule has 0 aliphatic carbocycles. The van der Waals surface area contributed by atoms with Crippen LogP contribution < -0.4 is 5.32 Å². The fourth-order valence-electron chi connectivity index (χ4n) is 4.01. The predicted octanol–water partition coefficient (Wildman–Crippen LogP) is 4.46. The molecular formula is C27H26FN3O3. The second kappa shape index (κ2) is 9.97. The van der Waals surface area contributed by atoms with Gasteiger partial charge in [-0.1, -0.05) is 42.5 Å². The van der Waals surface area contributed by atoms with Gasteiger partial charge in [-0.15, -0.1) is 0 Å². The highest BCUT2D eigenvalue weighted by Gasteiger charge is 2.35. The molecular weight excluding hydrogens is 433 g/mol. The molecule has 1 unspecified atom stereocenters. The van der Waals surface area contributed by atoms with E-state index >= 15 is 0 Å². The number of carbonyl (C=O) groups excluding carboxylic acids is 2. The average Bonchev–Trinajstić information content (AvgIpc) is 3.13. The Balaban J connectivity index is 1.75. The standard InChI is InChI=1S/C27H26FN3O3/c1-31(2)16-18-6-11-21(12-7-18)29-26(19-8-4-17(5-9-19)14-24(32)34-3)25-22-13-10-20(28)15-23(22)30-27(25)33/h4-13,15,25H,14,16H2,1-3H3,(H,30,33). The van der Waals surface area contributed by atoms with E-state index in [1.54, 1.807) is 6.07 Å². The van der Waals surface area contributed by atoms with Crippen LogP contribution in [0, 0.1) is 5.82 Å². The zero-order valence-corrected chi connectivity index (χ0v) is 19.3. The molecule has 4 rings (SSSR count). The van der Waals surface area contributed by atoms with E-state index in [1.165, 1.54) is 19.2 Å². The van der Waals surface area contributed by atoms with E-state index in [1.807, 2.05) is 62.6 Å². The van der Waals surface area contributed by atoms with E-state index < -0.39 is 11.7 Å². The molecule has 0 saturated carbocycles. The van der Waals surface area contributed by atoms with Gasteiger partial charge in [0.15, 0.2) is 0 Å². The number of anilines is 1. The lowest BCUT2D eigenvalue weighted by Gasteiger charge is -2.15. The van der Waals surface area contributed by atoms with Crippen LogP contribution in [0.5, 0.6) is 0 Å². The molecule has 3 aromatic carbocycles. The first kappa shape index (κ1) is 23.3. The molecule has 0 aromatic heterocycles. The van der Waals surface area contributed by atoms with Crippen molar-refractivity contribution < 1.29 is 18.7 Å². The lowest BCUT2D eigenvalue weighted by atomic mass is 9.90. The number of methoxy groups -OCH3 is 1. The van der Waals surface area contributed by atoms with Crippen LogP contribution in [0.1, 0.15) is 28.2 Å². The van der Waals surface area contributed by atoms with Crippen LogP contribution in [-0.2, 0) is 27.3 Å². The number of nitrogens with zero attached hydrogens (tertiary/aromatic N) is 2. The van der Waals surface area contributed by atoms with Crippen molar-refractivity contribution in [3.8, 4) is 0 Å². The smallest absolute Gasteiger partial charge is 0.309 e. The summed E-state index contributed by atoms with van der Waals surface area (Å²) in [6.07, 6.45) is 0.155. The number of hydrogen-bond acceptors (Lipinski definition) is 5. The monoisotopic (exact) mass is 459 g/mol. The van der Waals surface area contributed by atoms with Crippen LogP contribution in [0.2, 0.25) is 0 Å². The van der Waals surface area contributed by atoms with Crippen LogP contribution in [-0.4, -0.2) is 43.7 Å². The number of amides is 1. The van der Waals surface area contributed by atoms with Crippen molar-refractivity contribution in [2.75, 3.05) is 26.5 Å². The van der Waals surface area contributed by atoms with E-state index in [2.05, 4.69) is 10.2 Å². The number of esters is 1. The van der Waals surface area contributed by atoms with Crippen molar-refractivity contribution >= 4 is 29.0 Å². The maximum atomic E-state index is 13.8. The Hall–Kier alpha value is -3.84. The minimum Gasteiger partial charge on any atom is -0.469 e. The number of ether oxygens (including phenoxy) is 1. The molecule has 34 heavy (non-hydrogen) atoms. The van der Waals surface area contributed by atoms with Crippen molar-refractivity contribution in [2.45, 2.75) is 18.9 Å². The summed E-state index contributed by atoms with van der Waals surface area (Å²) in [5, 5.41) is 2.77. The third-order valence-corrected chi connectivity index (χ3v) is 5.63. The second-order valence-corrected chi connectivity index (χ2v) is 8.50. The Morgan fingerprint density at radius 1 is 1.03 bits per heavy atom. The second-order valence-electron chi connectivity index (χ2n) is 8.50. The number of halogens is 1. The normalized spacial score (nSPS) is 15.3. The molecule has 0 radical (unpaired) electrons. The molecule has 174 valence electrons. The highest BCUT2D eigenvalue weighted by Crippen LogP contribution is 2.36. The Bertz CT molecular complexity index is 1230. The van der Waals surface area contributed by atoms with E-state index in [4.69, 9.17) is 9.73 Å². The molecule has 6 nitrogen and oxygen atoms in total. The Morgan fingerprint density at radius 3 is 2.35 bits per heavy atom. The van der Waals surface area contributed by atoms with Gasteiger partial charge in [-0.05, 0) is 60.6 Å². The zero-order valence-electron chi connectivity index (χ0n) is 19.3. The topological polar surface area (TPSA) is 71.0 Å². The Labute approximate surface area is 198 Å². The zero-order chi connectivity index (χ0) is 24.2. The summed E-state index contributed by atoms with van der Waals surface area (Å²) in [4.78, 5) is 31.6. The highest BCUT2D eigenvalue weighted by molar-refractivity contribution is 6.24. The Kier molecular flexibility index (Phi) is 6.84. The molecule has 1 heterocycles. The van der Waals surface area contributed by atoms with Gasteiger partial charge in [0.1, 0.15) is 11.7 Å². The average molecular weight is 460 g/mol. The van der Waals surface area contributed by atoms with E-state index in [9.17, 15) is 14.0 Å². The summed E-state index contributed by atoms with van der Waals surface area (Å²) >= 11 is 0. The molecule has 1 aliphatic heterocycles. The molecule has 0 saturated heterocycles. The van der Waals surface area contributed by atoms with Crippen molar-refractivity contribution in [1.29, 1.82) is 0 Å². The molecule has 1 aliphatic rings. The van der Waals surface area contributed by atoms with E-state index in [0.29, 0.717) is 22.6 Å². The van der Waals surface area contributed by atoms with Gasteiger partial charge in [-0.2, -0.15) is 0 Å². The first-order valence-electron chi connectivity index (χ1n) is 10.9. The lowest BCUT2D eigenvalue weighted by molar-refractivity contribution is -0.139. The van der Waals surface area contributed by atoms with Crippen LogP contribution in [0.25, 0.3) is 0 Å². The van der Waals surface area contributed by atoms with E-state index in [0.717, 1.165) is 23.2 Å². The number of aliphatic imine (C=N–C) groups is 1. The number of rotatable bonds is 7. The Morgan fingerprint density at radius 2 is 1.71 bits per heavy atom. The van der Waals surface area contributed by atoms with Crippen LogP contribution >= 0.6 is 0 Å². The maximum absolute atomic E-state index is 13.8. The molecule has 7 heteroatoms. The van der Waals surface area contributed by atoms with Crippen molar-refractivity contribution in [3.05, 3.63) is 94.8 Å². The largest absolute Gasteiger partial charge is 0.469 e. The van der Waals surface area contributed by atoms with Crippen LogP contribution in [0.3, 0.4) is 0 Å². The SMILES string of the molecule is COC(=O)Cc1ccc(C(=Nc2ccc(CN(C)C)cc2)C2C(=O)Nc3cc(F)ccc32)cc1. The minimum absolute atomic E-state index is 0.155. The predicted molar refractivity (Wildman–Crippen MR) is 130 cm³/mol. The molecule has 3 aromatic rings. The number of hydrogen-bond donors (Lipinski definition) is 1. The van der Waals surface area contributed by atoms with Gasteiger partial charge in [0, 0.05) is 12.2 Å². The number of benzene rings is 3. The number of fused-ring (bicyclic) bond motifs is 1. The summed E-state index contributed by atoms with van der Waals surface area (Å²) in [5.74, 6) is -1.70. The van der Waals surface area contributed by atoms with Crippen molar-refractivity contribution in [2.24, 2.45) is 4.99 Å². The van der Waals surface area contributed by atoms with Gasteiger partial charge in [0.25, 0.3) is 0 Å². The van der Waals surface area contributed by atoms with Crippen LogP contribution in [0.4, 0.5) is 15.8 Å². The molecule has 0 fully saturated rings. The van der Waals surface area contributed by atoms with Gasteiger partial charge >= 0.3 is 5.97 Å². The molecule has 1 amide bonds. The van der Waals surface area contributed by atoms with Crippen molar-refractivity contribution in [1.82, 2.24) is 4.90 Å². The van der Waals surface area contributed by atoms with Crippen LogP contribution in [0.15, 0.2) is 71.7 Å². The van der Waals surface area contributed by atoms with Gasteiger partial charge in [-0.3, -0.25) is 14.6 Å².